The maximum Gasteiger partial charge on any atom is 0.259 e. The van der Waals surface area contributed by atoms with Gasteiger partial charge in [0.15, 0.2) is 0 Å². The van der Waals surface area contributed by atoms with Crippen molar-refractivity contribution < 1.29 is 4.79 Å². The molecule has 0 atom stereocenters. The van der Waals surface area contributed by atoms with Gasteiger partial charge in [-0.2, -0.15) is 5.10 Å². The predicted octanol–water partition coefficient (Wildman–Crippen LogP) is 3.67. The molecule has 0 aliphatic rings. The Morgan fingerprint density at radius 1 is 1.35 bits per heavy atom. The van der Waals surface area contributed by atoms with Crippen molar-refractivity contribution in [1.29, 1.82) is 0 Å². The largest absolute Gasteiger partial charge is 0.307 e. The molecular formula is C16H16N4OS2. The zero-order valence-electron chi connectivity index (χ0n) is 12.8. The quantitative estimate of drug-likeness (QED) is 0.718. The zero-order valence-corrected chi connectivity index (χ0v) is 14.4. The monoisotopic (exact) mass is 344 g/mol. The van der Waals surface area contributed by atoms with Crippen LogP contribution in [0.2, 0.25) is 0 Å². The second-order valence-corrected chi connectivity index (χ2v) is 6.71. The molecule has 0 spiro atoms. The highest BCUT2D eigenvalue weighted by Gasteiger charge is 2.14. The van der Waals surface area contributed by atoms with E-state index in [2.05, 4.69) is 33.8 Å². The van der Waals surface area contributed by atoms with Gasteiger partial charge >= 0.3 is 0 Å². The topological polar surface area (TPSA) is 59.8 Å². The van der Waals surface area contributed by atoms with Gasteiger partial charge in [-0.1, -0.05) is 0 Å². The van der Waals surface area contributed by atoms with Gasteiger partial charge in [-0.15, -0.1) is 23.1 Å². The number of thioether (sulfide) groups is 1. The fourth-order valence-electron chi connectivity index (χ4n) is 2.18. The van der Waals surface area contributed by atoms with Gasteiger partial charge in [0.1, 0.15) is 10.8 Å². The summed E-state index contributed by atoms with van der Waals surface area (Å²) in [6.07, 6.45) is 5.28. The summed E-state index contributed by atoms with van der Waals surface area (Å²) < 4.78 is 1.80. The molecule has 0 aliphatic heterocycles. The van der Waals surface area contributed by atoms with Crippen molar-refractivity contribution in [3.05, 3.63) is 58.0 Å². The van der Waals surface area contributed by atoms with E-state index in [9.17, 15) is 4.79 Å². The number of pyridine rings is 1. The molecule has 3 aromatic rings. The number of nitrogens with one attached hydrogen (secondary N) is 1. The number of carbonyl (C=O) groups is 1. The van der Waals surface area contributed by atoms with E-state index < -0.39 is 0 Å². The third kappa shape index (κ3) is 3.46. The van der Waals surface area contributed by atoms with Crippen LogP contribution in [-0.2, 0) is 6.54 Å². The number of anilines is 1. The smallest absolute Gasteiger partial charge is 0.259 e. The molecule has 0 bridgehead atoms. The highest BCUT2D eigenvalue weighted by Crippen LogP contribution is 2.21. The summed E-state index contributed by atoms with van der Waals surface area (Å²) in [6, 6.07) is 7.43. The first-order valence-corrected chi connectivity index (χ1v) is 9.14. The van der Waals surface area contributed by atoms with E-state index in [-0.39, 0.29) is 5.91 Å². The van der Waals surface area contributed by atoms with Crippen LogP contribution in [0.25, 0.3) is 0 Å². The lowest BCUT2D eigenvalue weighted by Gasteiger charge is -2.10. The molecular weight excluding hydrogens is 328 g/mol. The van der Waals surface area contributed by atoms with E-state index in [0.29, 0.717) is 23.0 Å². The second kappa shape index (κ2) is 6.97. The van der Waals surface area contributed by atoms with Crippen molar-refractivity contribution in [2.24, 2.45) is 0 Å². The lowest BCUT2D eigenvalue weighted by Crippen LogP contribution is -2.17. The predicted molar refractivity (Wildman–Crippen MR) is 94.4 cm³/mol. The summed E-state index contributed by atoms with van der Waals surface area (Å²) in [7, 11) is 0. The van der Waals surface area contributed by atoms with E-state index in [1.54, 1.807) is 46.6 Å². The molecule has 3 rings (SSSR count). The second-order valence-electron chi connectivity index (χ2n) is 4.92. The Morgan fingerprint density at radius 3 is 2.96 bits per heavy atom. The average molecular weight is 344 g/mol. The van der Waals surface area contributed by atoms with Crippen molar-refractivity contribution in [3.63, 3.8) is 0 Å². The van der Waals surface area contributed by atoms with Crippen LogP contribution in [0.5, 0.6) is 0 Å². The highest BCUT2D eigenvalue weighted by molar-refractivity contribution is 7.98. The van der Waals surface area contributed by atoms with Crippen LogP contribution in [0, 0.1) is 6.92 Å². The number of amides is 1. The zero-order chi connectivity index (χ0) is 16.2. The Labute approximate surface area is 142 Å². The molecule has 0 unspecified atom stereocenters. The first-order valence-electron chi connectivity index (χ1n) is 7.04. The molecule has 3 aromatic heterocycles. The van der Waals surface area contributed by atoms with Gasteiger partial charge in [0.05, 0.1) is 18.3 Å². The summed E-state index contributed by atoms with van der Waals surface area (Å²) in [4.78, 5) is 18.0. The van der Waals surface area contributed by atoms with Crippen molar-refractivity contribution >= 4 is 34.8 Å². The number of carbonyl (C=O) groups excluding carboxylic acids is 1. The van der Waals surface area contributed by atoms with Gasteiger partial charge < -0.3 is 5.32 Å². The van der Waals surface area contributed by atoms with Crippen molar-refractivity contribution in [2.75, 3.05) is 11.6 Å². The third-order valence-electron chi connectivity index (χ3n) is 3.43. The van der Waals surface area contributed by atoms with Gasteiger partial charge in [0, 0.05) is 17.1 Å². The Bertz CT molecular complexity index is 825. The van der Waals surface area contributed by atoms with Gasteiger partial charge in [-0.3, -0.25) is 4.79 Å². The van der Waals surface area contributed by atoms with E-state index >= 15 is 0 Å². The third-order valence-corrected chi connectivity index (χ3v) is 5.15. The molecule has 0 radical (unpaired) electrons. The fraction of sp³-hybridized carbons (Fsp3) is 0.188. The average Bonchev–Trinajstić information content (AvgIpc) is 3.17. The first-order chi connectivity index (χ1) is 11.2. The maximum absolute atomic E-state index is 12.5. The number of nitrogens with zero attached hydrogens (tertiary/aromatic N) is 3. The van der Waals surface area contributed by atoms with E-state index in [0.717, 1.165) is 0 Å². The van der Waals surface area contributed by atoms with Crippen LogP contribution in [0.4, 0.5) is 5.82 Å². The molecule has 5 nitrogen and oxygen atoms in total. The first kappa shape index (κ1) is 15.8. The minimum absolute atomic E-state index is 0.174. The molecule has 7 heteroatoms. The molecule has 23 heavy (non-hydrogen) atoms. The Balaban J connectivity index is 1.80. The minimum atomic E-state index is -0.174. The summed E-state index contributed by atoms with van der Waals surface area (Å²) in [6.45, 7) is 2.72. The van der Waals surface area contributed by atoms with Crippen LogP contribution in [0.3, 0.4) is 0 Å². The summed E-state index contributed by atoms with van der Waals surface area (Å²) in [5.41, 5.74) is 1.81. The molecule has 1 amide bonds. The number of thiophene rings is 1. The molecule has 118 valence electrons. The maximum atomic E-state index is 12.5. The normalized spacial score (nSPS) is 10.7. The van der Waals surface area contributed by atoms with Crippen LogP contribution >= 0.6 is 23.1 Å². The number of aryl methyl sites for hydroxylation is 1. The van der Waals surface area contributed by atoms with E-state index in [4.69, 9.17) is 0 Å². The Hall–Kier alpha value is -2.12. The highest BCUT2D eigenvalue weighted by atomic mass is 32.2. The Kier molecular flexibility index (Phi) is 4.78. The van der Waals surface area contributed by atoms with Crippen LogP contribution < -0.4 is 5.32 Å². The molecule has 0 aliphatic carbocycles. The molecule has 0 aromatic carbocycles. The van der Waals surface area contributed by atoms with Crippen LogP contribution in [0.1, 0.15) is 20.8 Å². The summed E-state index contributed by atoms with van der Waals surface area (Å²) in [5, 5.41) is 10.0. The van der Waals surface area contributed by atoms with Gasteiger partial charge in [0.2, 0.25) is 0 Å². The summed E-state index contributed by atoms with van der Waals surface area (Å²) in [5.74, 6) is 0.505. The standard InChI is InChI=1S/C16H16N4OS2/c1-11-6-9-23-13(11)10-20-14(5-8-18-20)19-15(21)12-4-3-7-17-16(12)22-2/h3-9H,10H2,1-2H3,(H,19,21). The van der Waals surface area contributed by atoms with Crippen LogP contribution in [-0.4, -0.2) is 26.9 Å². The van der Waals surface area contributed by atoms with E-state index in [1.165, 1.54) is 22.2 Å². The summed E-state index contributed by atoms with van der Waals surface area (Å²) >= 11 is 3.14. The minimum Gasteiger partial charge on any atom is -0.307 e. The number of hydrogen-bond donors (Lipinski definition) is 1. The fourth-order valence-corrected chi connectivity index (χ4v) is 3.61. The van der Waals surface area contributed by atoms with Crippen molar-refractivity contribution in [3.8, 4) is 0 Å². The molecule has 0 saturated carbocycles. The van der Waals surface area contributed by atoms with Crippen molar-refractivity contribution in [2.45, 2.75) is 18.5 Å². The molecule has 0 saturated heterocycles. The van der Waals surface area contributed by atoms with Crippen molar-refractivity contribution in [1.82, 2.24) is 14.8 Å². The Morgan fingerprint density at radius 2 is 2.22 bits per heavy atom. The van der Waals surface area contributed by atoms with E-state index in [1.807, 2.05) is 6.26 Å². The SMILES string of the molecule is CSc1ncccc1C(=O)Nc1ccnn1Cc1sccc1C. The molecule has 3 heterocycles. The lowest BCUT2D eigenvalue weighted by atomic mass is 10.2. The molecule has 0 fully saturated rings. The molecule has 1 N–H and O–H groups in total. The van der Waals surface area contributed by atoms with Gasteiger partial charge in [0.25, 0.3) is 5.91 Å². The van der Waals surface area contributed by atoms with Gasteiger partial charge in [-0.05, 0) is 42.3 Å². The number of aromatic nitrogens is 3. The lowest BCUT2D eigenvalue weighted by molar-refractivity contribution is 0.102. The van der Waals surface area contributed by atoms with Crippen LogP contribution in [0.15, 0.2) is 47.1 Å². The number of hydrogen-bond acceptors (Lipinski definition) is 5. The van der Waals surface area contributed by atoms with Gasteiger partial charge in [-0.25, -0.2) is 9.67 Å². The number of rotatable bonds is 5.